The third kappa shape index (κ3) is 4.86. The molecule has 2 atom stereocenters. The second kappa shape index (κ2) is 9.73. The van der Waals surface area contributed by atoms with Gasteiger partial charge in [-0.2, -0.15) is 9.97 Å². The van der Waals surface area contributed by atoms with Crippen LogP contribution in [0.3, 0.4) is 0 Å². The zero-order valence-electron chi connectivity index (χ0n) is 17.9. The second-order valence-corrected chi connectivity index (χ2v) is 7.81. The van der Waals surface area contributed by atoms with Crippen LogP contribution in [0.2, 0.25) is 0 Å². The SMILES string of the molecule is CC(C)C(=O)Nc1nc(OCc2ccccc2)c2ncn([C@H]3CC[C@@H](COC=O)O3)c2n1. The van der Waals surface area contributed by atoms with Crippen LogP contribution in [0, 0.1) is 5.92 Å². The normalized spacial score (nSPS) is 18.1. The molecule has 0 spiro atoms. The van der Waals surface area contributed by atoms with Gasteiger partial charge in [0.1, 0.15) is 19.4 Å². The van der Waals surface area contributed by atoms with Crippen molar-refractivity contribution in [2.75, 3.05) is 11.9 Å². The van der Waals surface area contributed by atoms with E-state index in [1.165, 1.54) is 0 Å². The van der Waals surface area contributed by atoms with Crippen LogP contribution in [-0.2, 0) is 25.7 Å². The van der Waals surface area contributed by atoms with Crippen molar-refractivity contribution in [3.8, 4) is 5.88 Å². The summed E-state index contributed by atoms with van der Waals surface area (Å²) in [5, 5.41) is 2.73. The molecule has 1 amide bonds. The standard InChI is InChI=1S/C22H25N5O5/c1-14(2)20(29)25-22-24-19-18(21(26-22)31-10-15-6-4-3-5-7-15)23-12-27(19)17-9-8-16(32-17)11-30-13-28/h3-7,12-14,16-17H,8-11H2,1-2H3,(H,24,25,26,29)/t16-,17+/m0/s1. The zero-order chi connectivity index (χ0) is 22.5. The summed E-state index contributed by atoms with van der Waals surface area (Å²) >= 11 is 0. The van der Waals surface area contributed by atoms with Crippen LogP contribution >= 0.6 is 0 Å². The first kappa shape index (κ1) is 21.7. The van der Waals surface area contributed by atoms with Crippen LogP contribution in [0.1, 0.15) is 38.5 Å². The highest BCUT2D eigenvalue weighted by Gasteiger charge is 2.29. The molecule has 1 fully saturated rings. The first-order chi connectivity index (χ1) is 15.5. The summed E-state index contributed by atoms with van der Waals surface area (Å²) in [4.78, 5) is 36.1. The third-order valence-electron chi connectivity index (χ3n) is 5.11. The Morgan fingerprint density at radius 2 is 2.09 bits per heavy atom. The lowest BCUT2D eigenvalue weighted by Crippen LogP contribution is -2.20. The highest BCUT2D eigenvalue weighted by molar-refractivity contribution is 5.91. The highest BCUT2D eigenvalue weighted by atomic mass is 16.6. The van der Waals surface area contributed by atoms with E-state index in [4.69, 9.17) is 14.2 Å². The summed E-state index contributed by atoms with van der Waals surface area (Å²) < 4.78 is 18.6. The summed E-state index contributed by atoms with van der Waals surface area (Å²) in [6.45, 7) is 4.49. The molecule has 1 N–H and O–H groups in total. The van der Waals surface area contributed by atoms with Crippen molar-refractivity contribution in [1.29, 1.82) is 0 Å². The number of hydrogen-bond acceptors (Lipinski definition) is 8. The first-order valence-corrected chi connectivity index (χ1v) is 10.5. The predicted octanol–water partition coefficient (Wildman–Crippen LogP) is 2.85. The lowest BCUT2D eigenvalue weighted by atomic mass is 10.2. The number of carbonyl (C=O) groups is 2. The maximum atomic E-state index is 12.2. The van der Waals surface area contributed by atoms with Gasteiger partial charge in [-0.1, -0.05) is 44.2 Å². The average Bonchev–Trinajstić information content (AvgIpc) is 3.43. The van der Waals surface area contributed by atoms with Gasteiger partial charge in [0, 0.05) is 5.92 Å². The number of benzene rings is 1. The van der Waals surface area contributed by atoms with Crippen molar-refractivity contribution in [3.63, 3.8) is 0 Å². The van der Waals surface area contributed by atoms with Gasteiger partial charge >= 0.3 is 0 Å². The summed E-state index contributed by atoms with van der Waals surface area (Å²) in [7, 11) is 0. The molecule has 0 saturated carbocycles. The van der Waals surface area contributed by atoms with E-state index >= 15 is 0 Å². The number of ether oxygens (including phenoxy) is 3. The Morgan fingerprint density at radius 1 is 1.28 bits per heavy atom. The molecule has 2 aromatic heterocycles. The fraction of sp³-hybridized carbons (Fsp3) is 0.409. The van der Waals surface area contributed by atoms with Crippen molar-refractivity contribution in [2.45, 2.75) is 45.6 Å². The molecule has 0 unspecified atom stereocenters. The minimum atomic E-state index is -0.328. The van der Waals surface area contributed by atoms with Crippen LogP contribution < -0.4 is 10.1 Å². The topological polar surface area (TPSA) is 117 Å². The van der Waals surface area contributed by atoms with Crippen LogP contribution in [0.25, 0.3) is 11.2 Å². The Balaban J connectivity index is 1.64. The number of aromatic nitrogens is 4. The summed E-state index contributed by atoms with van der Waals surface area (Å²) in [6.07, 6.45) is 2.54. The fourth-order valence-corrected chi connectivity index (χ4v) is 3.40. The average molecular weight is 439 g/mol. The molecular formula is C22H25N5O5. The number of nitrogens with zero attached hydrogens (tertiary/aromatic N) is 4. The van der Waals surface area contributed by atoms with Crippen molar-refractivity contribution in [3.05, 3.63) is 42.2 Å². The molecule has 3 heterocycles. The van der Waals surface area contributed by atoms with Crippen molar-refractivity contribution >= 4 is 29.5 Å². The van der Waals surface area contributed by atoms with Crippen molar-refractivity contribution < 1.29 is 23.8 Å². The highest BCUT2D eigenvalue weighted by Crippen LogP contribution is 2.33. The molecule has 3 aromatic rings. The predicted molar refractivity (Wildman–Crippen MR) is 115 cm³/mol. The molecule has 1 aromatic carbocycles. The number of imidazole rings is 1. The summed E-state index contributed by atoms with van der Waals surface area (Å²) in [6, 6.07) is 9.69. The summed E-state index contributed by atoms with van der Waals surface area (Å²) in [5.74, 6) is -0.0207. The van der Waals surface area contributed by atoms with E-state index in [9.17, 15) is 9.59 Å². The number of amides is 1. The maximum absolute atomic E-state index is 12.2. The van der Waals surface area contributed by atoms with Gasteiger partial charge in [0.25, 0.3) is 6.47 Å². The van der Waals surface area contributed by atoms with Gasteiger partial charge in [0.05, 0.1) is 12.4 Å². The molecular weight excluding hydrogens is 414 g/mol. The molecule has 1 saturated heterocycles. The molecule has 0 aliphatic carbocycles. The molecule has 10 heteroatoms. The van der Waals surface area contributed by atoms with Crippen molar-refractivity contribution in [2.24, 2.45) is 5.92 Å². The lowest BCUT2D eigenvalue weighted by molar-refractivity contribution is -0.133. The monoisotopic (exact) mass is 439 g/mol. The molecule has 1 aliphatic rings. The van der Waals surface area contributed by atoms with Gasteiger partial charge in [-0.3, -0.25) is 19.5 Å². The molecule has 32 heavy (non-hydrogen) atoms. The Hall–Kier alpha value is -3.53. The number of anilines is 1. The van der Waals surface area contributed by atoms with E-state index in [0.717, 1.165) is 12.0 Å². The minimum absolute atomic E-state index is 0.139. The number of rotatable bonds is 9. The Bertz CT molecular complexity index is 1090. The van der Waals surface area contributed by atoms with Crippen molar-refractivity contribution in [1.82, 2.24) is 19.5 Å². The van der Waals surface area contributed by atoms with Crippen LogP contribution in [-0.4, -0.2) is 44.6 Å². The van der Waals surface area contributed by atoms with E-state index in [1.807, 2.05) is 30.3 Å². The number of carbonyl (C=O) groups excluding carboxylic acids is 2. The largest absolute Gasteiger partial charge is 0.471 e. The van der Waals surface area contributed by atoms with Gasteiger partial charge in [0.15, 0.2) is 11.2 Å². The number of nitrogens with one attached hydrogen (secondary N) is 1. The molecule has 4 rings (SSSR count). The smallest absolute Gasteiger partial charge is 0.293 e. The van der Waals surface area contributed by atoms with E-state index in [-0.39, 0.29) is 42.6 Å². The zero-order valence-corrected chi connectivity index (χ0v) is 17.9. The number of fused-ring (bicyclic) bond motifs is 1. The van der Waals surface area contributed by atoms with Gasteiger partial charge in [-0.25, -0.2) is 4.98 Å². The van der Waals surface area contributed by atoms with E-state index in [1.54, 1.807) is 24.7 Å². The molecule has 0 bridgehead atoms. The Kier molecular flexibility index (Phi) is 6.60. The quantitative estimate of drug-likeness (QED) is 0.506. The lowest BCUT2D eigenvalue weighted by Gasteiger charge is -2.15. The van der Waals surface area contributed by atoms with Gasteiger partial charge in [-0.05, 0) is 18.4 Å². The Morgan fingerprint density at radius 3 is 2.84 bits per heavy atom. The van der Waals surface area contributed by atoms with Crippen LogP contribution in [0.15, 0.2) is 36.7 Å². The molecule has 0 radical (unpaired) electrons. The number of hydrogen-bond donors (Lipinski definition) is 1. The fourth-order valence-electron chi connectivity index (χ4n) is 3.40. The second-order valence-electron chi connectivity index (χ2n) is 7.81. The first-order valence-electron chi connectivity index (χ1n) is 10.5. The molecule has 168 valence electrons. The van der Waals surface area contributed by atoms with Crippen LogP contribution in [0.4, 0.5) is 5.95 Å². The minimum Gasteiger partial charge on any atom is -0.471 e. The van der Waals surface area contributed by atoms with Gasteiger partial charge in [-0.15, -0.1) is 0 Å². The van der Waals surface area contributed by atoms with Gasteiger partial charge < -0.3 is 14.2 Å². The van der Waals surface area contributed by atoms with Crippen LogP contribution in [0.5, 0.6) is 5.88 Å². The van der Waals surface area contributed by atoms with E-state index in [2.05, 4.69) is 20.3 Å². The third-order valence-corrected chi connectivity index (χ3v) is 5.11. The van der Waals surface area contributed by atoms with Gasteiger partial charge in [0.2, 0.25) is 17.7 Å². The maximum Gasteiger partial charge on any atom is 0.293 e. The Labute approximate surface area is 184 Å². The molecule has 10 nitrogen and oxygen atoms in total. The van der Waals surface area contributed by atoms with E-state index in [0.29, 0.717) is 30.7 Å². The summed E-state index contributed by atoms with van der Waals surface area (Å²) in [5.41, 5.74) is 1.94. The molecule has 1 aliphatic heterocycles. The van der Waals surface area contributed by atoms with E-state index < -0.39 is 0 Å².